The van der Waals surface area contributed by atoms with Crippen molar-refractivity contribution in [3.8, 4) is 0 Å². The standard InChI is InChI=1S/C17H32O3SSi/c1-17(2,3)22(4,5)19-11-13-12(7-6-8-16(18)21)14-9-10-15(13)20-14/h12-15H,6-11H2,1-5H3,(H,18,21)/t12-,13+,14-,15-/m0/s1. The van der Waals surface area contributed by atoms with Gasteiger partial charge in [0.1, 0.15) is 0 Å². The minimum absolute atomic E-state index is 0.00171. The van der Waals surface area contributed by atoms with E-state index >= 15 is 0 Å². The number of fused-ring (bicyclic) bond motifs is 2. The van der Waals surface area contributed by atoms with Gasteiger partial charge in [-0.15, -0.1) is 12.6 Å². The van der Waals surface area contributed by atoms with Gasteiger partial charge in [-0.05, 0) is 49.7 Å². The van der Waals surface area contributed by atoms with Crippen LogP contribution in [0.15, 0.2) is 0 Å². The van der Waals surface area contributed by atoms with Crippen molar-refractivity contribution < 1.29 is 14.0 Å². The van der Waals surface area contributed by atoms with Crippen LogP contribution in [0.1, 0.15) is 52.9 Å². The molecule has 2 aliphatic heterocycles. The predicted molar refractivity (Wildman–Crippen MR) is 95.9 cm³/mol. The molecule has 2 saturated heterocycles. The molecule has 0 saturated carbocycles. The normalized spacial score (nSPS) is 31.7. The summed E-state index contributed by atoms with van der Waals surface area (Å²) in [6.07, 6.45) is 5.71. The molecule has 2 aliphatic rings. The molecule has 2 rings (SSSR count). The van der Waals surface area contributed by atoms with Gasteiger partial charge in [0, 0.05) is 18.9 Å². The average Bonchev–Trinajstić information content (AvgIpc) is 2.95. The van der Waals surface area contributed by atoms with Gasteiger partial charge in [-0.25, -0.2) is 0 Å². The van der Waals surface area contributed by atoms with E-state index in [4.69, 9.17) is 9.16 Å². The third kappa shape index (κ3) is 4.16. The van der Waals surface area contributed by atoms with E-state index in [1.165, 1.54) is 12.8 Å². The summed E-state index contributed by atoms with van der Waals surface area (Å²) in [6.45, 7) is 12.3. The number of carbonyl (C=O) groups is 1. The Morgan fingerprint density at radius 3 is 2.36 bits per heavy atom. The summed E-state index contributed by atoms with van der Waals surface area (Å²) in [5, 5.41) is 0.248. The molecule has 2 bridgehead atoms. The lowest BCUT2D eigenvalue weighted by Crippen LogP contribution is -2.44. The Balaban J connectivity index is 1.91. The molecule has 4 atom stereocenters. The van der Waals surface area contributed by atoms with Crippen LogP contribution in [0.25, 0.3) is 0 Å². The topological polar surface area (TPSA) is 35.5 Å². The fraction of sp³-hybridized carbons (Fsp3) is 0.941. The molecule has 2 heterocycles. The molecule has 0 aliphatic carbocycles. The van der Waals surface area contributed by atoms with Crippen molar-refractivity contribution in [2.75, 3.05) is 6.61 Å². The molecular formula is C17H32O3SSi. The number of thiol groups is 1. The van der Waals surface area contributed by atoms with Crippen LogP contribution >= 0.6 is 12.6 Å². The minimum Gasteiger partial charge on any atom is -0.416 e. The fourth-order valence-corrected chi connectivity index (χ4v) is 4.71. The van der Waals surface area contributed by atoms with Crippen LogP contribution in [0.3, 0.4) is 0 Å². The molecule has 0 unspecified atom stereocenters. The first kappa shape index (κ1) is 18.5. The van der Waals surface area contributed by atoms with Gasteiger partial charge in [0.05, 0.1) is 12.2 Å². The fourth-order valence-electron chi connectivity index (χ4n) is 3.51. The van der Waals surface area contributed by atoms with Gasteiger partial charge in [0.2, 0.25) is 0 Å². The van der Waals surface area contributed by atoms with Crippen LogP contribution in [-0.2, 0) is 14.0 Å². The first-order chi connectivity index (χ1) is 10.1. The first-order valence-corrected chi connectivity index (χ1v) is 12.0. The Hall–Kier alpha value is 0.157. The Morgan fingerprint density at radius 2 is 1.82 bits per heavy atom. The van der Waals surface area contributed by atoms with E-state index in [1.807, 2.05) is 0 Å². The van der Waals surface area contributed by atoms with Crippen LogP contribution in [0, 0.1) is 11.8 Å². The highest BCUT2D eigenvalue weighted by molar-refractivity contribution is 7.96. The summed E-state index contributed by atoms with van der Waals surface area (Å²) in [5.41, 5.74) is 0. The lowest BCUT2D eigenvalue weighted by atomic mass is 9.77. The second-order valence-corrected chi connectivity index (χ2v) is 13.8. The zero-order chi connectivity index (χ0) is 16.5. The van der Waals surface area contributed by atoms with Gasteiger partial charge in [-0.2, -0.15) is 0 Å². The molecule has 0 aromatic rings. The molecule has 3 nitrogen and oxygen atoms in total. The van der Waals surface area contributed by atoms with Crippen LogP contribution in [-0.4, -0.2) is 32.2 Å². The molecule has 0 N–H and O–H groups in total. The lowest BCUT2D eigenvalue weighted by Gasteiger charge is -2.38. The van der Waals surface area contributed by atoms with Gasteiger partial charge in [0.25, 0.3) is 0 Å². The molecule has 2 fully saturated rings. The van der Waals surface area contributed by atoms with E-state index in [9.17, 15) is 4.79 Å². The van der Waals surface area contributed by atoms with Crippen molar-refractivity contribution in [3.05, 3.63) is 0 Å². The van der Waals surface area contributed by atoms with E-state index in [0.29, 0.717) is 30.5 Å². The quantitative estimate of drug-likeness (QED) is 0.548. The summed E-state index contributed by atoms with van der Waals surface area (Å²) in [4.78, 5) is 11.0. The van der Waals surface area contributed by atoms with Crippen molar-refractivity contribution in [3.63, 3.8) is 0 Å². The summed E-state index contributed by atoms with van der Waals surface area (Å²) < 4.78 is 12.6. The van der Waals surface area contributed by atoms with Gasteiger partial charge < -0.3 is 9.16 Å². The number of hydrogen-bond donors (Lipinski definition) is 1. The van der Waals surface area contributed by atoms with E-state index in [-0.39, 0.29) is 10.2 Å². The average molecular weight is 345 g/mol. The number of hydrogen-bond acceptors (Lipinski definition) is 3. The van der Waals surface area contributed by atoms with Crippen molar-refractivity contribution in [1.29, 1.82) is 0 Å². The summed E-state index contributed by atoms with van der Waals surface area (Å²) in [5.74, 6) is 1.08. The van der Waals surface area contributed by atoms with Crippen LogP contribution in [0.4, 0.5) is 0 Å². The Morgan fingerprint density at radius 1 is 1.23 bits per heavy atom. The summed E-state index contributed by atoms with van der Waals surface area (Å²) in [6, 6.07) is 0. The first-order valence-electron chi connectivity index (χ1n) is 8.63. The second kappa shape index (κ2) is 6.95. The maximum absolute atomic E-state index is 11.0. The third-order valence-corrected chi connectivity index (χ3v) is 10.7. The predicted octanol–water partition coefficient (Wildman–Crippen LogP) is 4.43. The SMILES string of the molecule is CC(C)(C)[Si](C)(C)OC[C@@H]1[C@H](CCCC(=O)S)[C@@H]2CC[C@@H]1O2. The highest BCUT2D eigenvalue weighted by Crippen LogP contribution is 2.47. The van der Waals surface area contributed by atoms with E-state index in [0.717, 1.165) is 19.4 Å². The van der Waals surface area contributed by atoms with Crippen LogP contribution in [0.5, 0.6) is 0 Å². The molecule has 0 radical (unpaired) electrons. The van der Waals surface area contributed by atoms with E-state index < -0.39 is 8.32 Å². The second-order valence-electron chi connectivity index (χ2n) is 8.48. The molecule has 5 heteroatoms. The molecule has 0 aromatic heterocycles. The van der Waals surface area contributed by atoms with Gasteiger partial charge >= 0.3 is 0 Å². The Kier molecular flexibility index (Phi) is 5.85. The lowest BCUT2D eigenvalue weighted by molar-refractivity contribution is -0.110. The van der Waals surface area contributed by atoms with Gasteiger partial charge in [-0.1, -0.05) is 20.8 Å². The highest BCUT2D eigenvalue weighted by atomic mass is 32.1. The van der Waals surface area contributed by atoms with Crippen molar-refractivity contribution in [2.24, 2.45) is 11.8 Å². The number of carbonyl (C=O) groups excluding carboxylic acids is 1. The molecule has 22 heavy (non-hydrogen) atoms. The minimum atomic E-state index is -1.70. The molecule has 128 valence electrons. The van der Waals surface area contributed by atoms with Crippen LogP contribution in [0.2, 0.25) is 18.1 Å². The number of ether oxygens (including phenoxy) is 1. The summed E-state index contributed by atoms with van der Waals surface area (Å²) in [7, 11) is -1.70. The van der Waals surface area contributed by atoms with Crippen LogP contribution < -0.4 is 0 Å². The molecule has 0 amide bonds. The zero-order valence-corrected chi connectivity index (χ0v) is 16.6. The molecular weight excluding hydrogens is 312 g/mol. The maximum Gasteiger partial charge on any atom is 0.191 e. The van der Waals surface area contributed by atoms with Gasteiger partial charge in [0.15, 0.2) is 13.4 Å². The number of rotatable bonds is 7. The Bertz CT molecular complexity index is 405. The van der Waals surface area contributed by atoms with Crippen molar-refractivity contribution >= 4 is 26.1 Å². The monoisotopic (exact) mass is 344 g/mol. The molecule has 0 aromatic carbocycles. The van der Waals surface area contributed by atoms with Crippen molar-refractivity contribution in [2.45, 2.75) is 83.2 Å². The van der Waals surface area contributed by atoms with Crippen molar-refractivity contribution in [1.82, 2.24) is 0 Å². The van der Waals surface area contributed by atoms with E-state index in [1.54, 1.807) is 0 Å². The summed E-state index contributed by atoms with van der Waals surface area (Å²) >= 11 is 3.87. The smallest absolute Gasteiger partial charge is 0.191 e. The molecule has 0 spiro atoms. The maximum atomic E-state index is 11.0. The third-order valence-electron chi connectivity index (χ3n) is 5.96. The Labute approximate surface area is 142 Å². The zero-order valence-electron chi connectivity index (χ0n) is 14.7. The van der Waals surface area contributed by atoms with Gasteiger partial charge in [-0.3, -0.25) is 4.79 Å². The highest BCUT2D eigenvalue weighted by Gasteiger charge is 2.49. The largest absolute Gasteiger partial charge is 0.416 e. The van der Waals surface area contributed by atoms with E-state index in [2.05, 4.69) is 46.5 Å².